The van der Waals surface area contributed by atoms with Gasteiger partial charge in [-0.3, -0.25) is 0 Å². The van der Waals surface area contributed by atoms with Crippen LogP contribution >= 0.6 is 12.2 Å². The van der Waals surface area contributed by atoms with Crippen molar-refractivity contribution in [2.45, 2.75) is 26.7 Å². The van der Waals surface area contributed by atoms with Gasteiger partial charge >= 0.3 is 0 Å². The van der Waals surface area contributed by atoms with E-state index in [0.717, 1.165) is 6.07 Å². The monoisotopic (exact) mass is 280 g/mol. The van der Waals surface area contributed by atoms with Crippen LogP contribution in [0.2, 0.25) is 0 Å². The second-order valence-electron chi connectivity index (χ2n) is 4.71. The van der Waals surface area contributed by atoms with Gasteiger partial charge in [0.2, 0.25) is 0 Å². The molecule has 0 radical (unpaired) electrons. The maximum absolute atomic E-state index is 13.9. The van der Waals surface area contributed by atoms with Crippen molar-refractivity contribution in [3.63, 3.8) is 0 Å². The molecule has 1 aromatic carbocycles. The predicted molar refractivity (Wildman–Crippen MR) is 73.6 cm³/mol. The zero-order valence-corrected chi connectivity index (χ0v) is 11.7. The van der Waals surface area contributed by atoms with E-state index in [1.54, 1.807) is 6.92 Å². The maximum atomic E-state index is 13.9. The highest BCUT2D eigenvalue weighted by Gasteiger charge is 2.13. The average Bonchev–Trinajstić information content (AvgIpc) is 2.33. The first-order valence-electron chi connectivity index (χ1n) is 5.96. The fourth-order valence-electron chi connectivity index (χ4n) is 1.78. The highest BCUT2D eigenvalue weighted by Crippen LogP contribution is 2.26. The summed E-state index contributed by atoms with van der Waals surface area (Å²) >= 11 is 5.19. The number of hydrogen-bond donors (Lipinski definition) is 1. The van der Waals surface area contributed by atoms with E-state index in [2.05, 4.69) is 9.97 Å². The standard InChI is InChI=1S/C14H14F2N2S/c1-7(2)13-17-12(8(3)14(19)18-13)10-5-4-9(15)6-11(10)16/h4-7H,1-3H3,(H,17,18,19). The largest absolute Gasteiger partial charge is 0.343 e. The SMILES string of the molecule is Cc1c(-c2ccc(F)cc2F)[nH]c(C(C)C)nc1=S. The van der Waals surface area contributed by atoms with Gasteiger partial charge in [-0.25, -0.2) is 13.8 Å². The predicted octanol–water partition coefficient (Wildman–Crippen LogP) is 4.52. The van der Waals surface area contributed by atoms with Crippen LogP contribution in [0.15, 0.2) is 18.2 Å². The zero-order chi connectivity index (χ0) is 14.2. The van der Waals surface area contributed by atoms with E-state index >= 15 is 0 Å². The van der Waals surface area contributed by atoms with Gasteiger partial charge in [-0.1, -0.05) is 26.1 Å². The van der Waals surface area contributed by atoms with Crippen LogP contribution in [0.4, 0.5) is 8.78 Å². The lowest BCUT2D eigenvalue weighted by atomic mass is 10.1. The van der Waals surface area contributed by atoms with Crippen LogP contribution in [0.5, 0.6) is 0 Å². The number of nitrogens with zero attached hydrogens (tertiary/aromatic N) is 1. The number of benzene rings is 1. The van der Waals surface area contributed by atoms with Crippen molar-refractivity contribution in [1.29, 1.82) is 0 Å². The van der Waals surface area contributed by atoms with Crippen molar-refractivity contribution in [2.75, 3.05) is 0 Å². The van der Waals surface area contributed by atoms with E-state index < -0.39 is 11.6 Å². The Morgan fingerprint density at radius 1 is 1.26 bits per heavy atom. The number of hydrogen-bond acceptors (Lipinski definition) is 2. The molecule has 0 aliphatic heterocycles. The summed E-state index contributed by atoms with van der Waals surface area (Å²) in [4.78, 5) is 7.36. The first kappa shape index (κ1) is 13.8. The third-order valence-corrected chi connectivity index (χ3v) is 3.32. The molecule has 19 heavy (non-hydrogen) atoms. The molecule has 0 amide bonds. The smallest absolute Gasteiger partial charge is 0.135 e. The van der Waals surface area contributed by atoms with Crippen LogP contribution in [0.25, 0.3) is 11.3 Å². The van der Waals surface area contributed by atoms with E-state index in [4.69, 9.17) is 12.2 Å². The summed E-state index contributed by atoms with van der Waals surface area (Å²) < 4.78 is 27.3. The molecule has 0 saturated carbocycles. The fraction of sp³-hybridized carbons (Fsp3) is 0.286. The van der Waals surface area contributed by atoms with Crippen LogP contribution in [-0.2, 0) is 0 Å². The Morgan fingerprint density at radius 3 is 2.53 bits per heavy atom. The van der Waals surface area contributed by atoms with Crippen LogP contribution in [-0.4, -0.2) is 9.97 Å². The molecule has 0 saturated heterocycles. The number of aromatic amines is 1. The van der Waals surface area contributed by atoms with E-state index in [1.165, 1.54) is 12.1 Å². The van der Waals surface area contributed by atoms with E-state index in [0.29, 0.717) is 27.3 Å². The van der Waals surface area contributed by atoms with Gasteiger partial charge in [0, 0.05) is 23.1 Å². The molecule has 2 nitrogen and oxygen atoms in total. The molecule has 2 aromatic rings. The van der Waals surface area contributed by atoms with Crippen molar-refractivity contribution in [1.82, 2.24) is 9.97 Å². The lowest BCUT2D eigenvalue weighted by Crippen LogP contribution is -2.03. The van der Waals surface area contributed by atoms with Crippen LogP contribution in [0.1, 0.15) is 31.2 Å². The number of rotatable bonds is 2. The topological polar surface area (TPSA) is 28.7 Å². The summed E-state index contributed by atoms with van der Waals surface area (Å²) in [7, 11) is 0. The Labute approximate surface area is 115 Å². The summed E-state index contributed by atoms with van der Waals surface area (Å²) in [5.74, 6) is -0.385. The van der Waals surface area contributed by atoms with E-state index in [1.807, 2.05) is 13.8 Å². The van der Waals surface area contributed by atoms with Crippen molar-refractivity contribution >= 4 is 12.2 Å². The molecule has 0 aliphatic rings. The Hall–Kier alpha value is -1.62. The molecule has 1 aromatic heterocycles. The van der Waals surface area contributed by atoms with E-state index in [-0.39, 0.29) is 5.92 Å². The first-order valence-corrected chi connectivity index (χ1v) is 6.37. The Bertz CT molecular complexity index is 678. The van der Waals surface area contributed by atoms with Crippen molar-refractivity contribution < 1.29 is 8.78 Å². The zero-order valence-electron chi connectivity index (χ0n) is 10.9. The van der Waals surface area contributed by atoms with Gasteiger partial charge in [-0.15, -0.1) is 0 Å². The summed E-state index contributed by atoms with van der Waals surface area (Å²) in [6.45, 7) is 5.70. The number of nitrogens with one attached hydrogen (secondary N) is 1. The third-order valence-electron chi connectivity index (χ3n) is 2.92. The van der Waals surface area contributed by atoms with Gasteiger partial charge < -0.3 is 4.98 Å². The van der Waals surface area contributed by atoms with E-state index in [9.17, 15) is 8.78 Å². The number of aromatic nitrogens is 2. The molecule has 1 heterocycles. The van der Waals surface area contributed by atoms with Gasteiger partial charge in [0.1, 0.15) is 22.1 Å². The summed E-state index contributed by atoms with van der Waals surface area (Å²) in [6.07, 6.45) is 0. The molecule has 0 unspecified atom stereocenters. The normalized spacial score (nSPS) is 11.1. The Morgan fingerprint density at radius 2 is 1.95 bits per heavy atom. The minimum atomic E-state index is -0.616. The summed E-state index contributed by atoms with van der Waals surface area (Å²) in [5, 5.41) is 0. The molecule has 100 valence electrons. The highest BCUT2D eigenvalue weighted by atomic mass is 32.1. The van der Waals surface area contributed by atoms with Gasteiger partial charge in [-0.2, -0.15) is 0 Å². The molecule has 0 bridgehead atoms. The number of halogens is 2. The molecular weight excluding hydrogens is 266 g/mol. The molecule has 2 rings (SSSR count). The summed E-state index contributed by atoms with van der Waals surface area (Å²) in [5.41, 5.74) is 1.54. The van der Waals surface area contributed by atoms with Gasteiger partial charge in [0.25, 0.3) is 0 Å². The third kappa shape index (κ3) is 2.71. The minimum Gasteiger partial charge on any atom is -0.343 e. The Balaban J connectivity index is 2.70. The van der Waals surface area contributed by atoms with Gasteiger partial charge in [0.05, 0.1) is 5.69 Å². The fourth-order valence-corrected chi connectivity index (χ4v) is 1.99. The molecule has 0 aliphatic carbocycles. The quantitative estimate of drug-likeness (QED) is 0.819. The molecule has 0 fully saturated rings. The molecule has 1 N–H and O–H groups in total. The first-order chi connectivity index (χ1) is 8.90. The molecule has 5 heteroatoms. The van der Waals surface area contributed by atoms with Crippen molar-refractivity contribution in [2.24, 2.45) is 0 Å². The average molecular weight is 280 g/mol. The lowest BCUT2D eigenvalue weighted by molar-refractivity contribution is 0.585. The molecule has 0 atom stereocenters. The van der Waals surface area contributed by atoms with Gasteiger partial charge in [-0.05, 0) is 19.1 Å². The second-order valence-corrected chi connectivity index (χ2v) is 5.09. The minimum absolute atomic E-state index is 0.143. The molecule has 0 spiro atoms. The van der Waals surface area contributed by atoms with Gasteiger partial charge in [0.15, 0.2) is 0 Å². The van der Waals surface area contributed by atoms with Crippen LogP contribution < -0.4 is 0 Å². The van der Waals surface area contributed by atoms with Crippen molar-refractivity contribution in [3.8, 4) is 11.3 Å². The molecular formula is C14H14F2N2S. The second kappa shape index (κ2) is 5.17. The Kier molecular flexibility index (Phi) is 3.75. The van der Waals surface area contributed by atoms with Crippen LogP contribution in [0, 0.1) is 23.2 Å². The summed E-state index contributed by atoms with van der Waals surface area (Å²) in [6, 6.07) is 3.49. The van der Waals surface area contributed by atoms with Crippen LogP contribution in [0.3, 0.4) is 0 Å². The number of H-pyrrole nitrogens is 1. The lowest BCUT2D eigenvalue weighted by Gasteiger charge is -2.12. The maximum Gasteiger partial charge on any atom is 0.135 e. The van der Waals surface area contributed by atoms with Crippen molar-refractivity contribution in [3.05, 3.63) is 45.9 Å². The highest BCUT2D eigenvalue weighted by molar-refractivity contribution is 7.71.